The molecule has 1 saturated heterocycles. The van der Waals surface area contributed by atoms with Crippen molar-refractivity contribution in [2.75, 3.05) is 11.5 Å². The topological polar surface area (TPSA) is 82.3 Å². The number of aromatic nitrogens is 1. The number of pyridine rings is 1. The number of nitrogens with two attached hydrogens (primary N) is 1. The molecule has 5 nitrogen and oxygen atoms in total. The second-order valence-corrected chi connectivity index (χ2v) is 7.80. The molecule has 0 amide bonds. The van der Waals surface area contributed by atoms with E-state index in [1.54, 1.807) is 12.1 Å². The molecule has 2 fully saturated rings. The summed E-state index contributed by atoms with van der Waals surface area (Å²) in [6, 6.07) is 3.20. The number of sulfone groups is 1. The molecule has 6 heteroatoms. The van der Waals surface area contributed by atoms with E-state index in [2.05, 4.69) is 4.98 Å². The first-order valence-electron chi connectivity index (χ1n) is 7.12. The number of anilines is 1. The van der Waals surface area contributed by atoms with Crippen molar-refractivity contribution in [1.82, 2.24) is 4.98 Å². The summed E-state index contributed by atoms with van der Waals surface area (Å²) < 4.78 is 30.8. The molecule has 0 bridgehead atoms. The van der Waals surface area contributed by atoms with E-state index in [4.69, 9.17) is 10.5 Å². The van der Waals surface area contributed by atoms with E-state index in [-0.39, 0.29) is 28.2 Å². The Bertz CT molecular complexity index is 594. The van der Waals surface area contributed by atoms with Crippen LogP contribution in [0.15, 0.2) is 23.4 Å². The van der Waals surface area contributed by atoms with E-state index in [1.807, 2.05) is 0 Å². The number of hydrogen-bond acceptors (Lipinski definition) is 5. The maximum Gasteiger partial charge on any atom is 0.200 e. The van der Waals surface area contributed by atoms with Crippen LogP contribution in [0.1, 0.15) is 38.5 Å². The fourth-order valence-electron chi connectivity index (χ4n) is 3.39. The molecule has 1 aliphatic carbocycles. The van der Waals surface area contributed by atoms with Gasteiger partial charge in [0.05, 0.1) is 23.1 Å². The predicted octanol–water partition coefficient (Wildman–Crippen LogP) is 1.93. The Labute approximate surface area is 119 Å². The van der Waals surface area contributed by atoms with Gasteiger partial charge in [0.25, 0.3) is 0 Å². The van der Waals surface area contributed by atoms with Crippen LogP contribution in [-0.4, -0.2) is 30.9 Å². The number of nitrogen functional groups attached to an aromatic ring is 1. The van der Waals surface area contributed by atoms with E-state index in [0.717, 1.165) is 25.7 Å². The zero-order valence-electron chi connectivity index (χ0n) is 11.4. The van der Waals surface area contributed by atoms with Crippen molar-refractivity contribution in [1.29, 1.82) is 0 Å². The molecule has 2 N–H and O–H groups in total. The quantitative estimate of drug-likeness (QED) is 0.921. The lowest BCUT2D eigenvalue weighted by atomic mass is 9.98. The van der Waals surface area contributed by atoms with Crippen LogP contribution in [0, 0.1) is 0 Å². The molecule has 20 heavy (non-hydrogen) atoms. The molecular formula is C14H20N2O3S. The minimum Gasteiger partial charge on any atom is -0.396 e. The summed E-state index contributed by atoms with van der Waals surface area (Å²) in [5.74, 6) is -0.0179. The second-order valence-electron chi connectivity index (χ2n) is 5.85. The van der Waals surface area contributed by atoms with Crippen LogP contribution in [0.5, 0.6) is 0 Å². The Morgan fingerprint density at radius 3 is 2.80 bits per heavy atom. The Hall–Kier alpha value is -1.14. The van der Waals surface area contributed by atoms with Gasteiger partial charge in [-0.3, -0.25) is 0 Å². The zero-order chi connectivity index (χ0) is 14.2. The van der Waals surface area contributed by atoms with Crippen LogP contribution in [0.3, 0.4) is 0 Å². The Kier molecular flexibility index (Phi) is 3.46. The van der Waals surface area contributed by atoms with Crippen molar-refractivity contribution in [3.05, 3.63) is 18.3 Å². The van der Waals surface area contributed by atoms with Gasteiger partial charge in [0.2, 0.25) is 0 Å². The summed E-state index contributed by atoms with van der Waals surface area (Å²) in [7, 11) is -3.48. The van der Waals surface area contributed by atoms with Gasteiger partial charge in [-0.25, -0.2) is 13.4 Å². The monoisotopic (exact) mass is 296 g/mol. The molecule has 1 unspecified atom stereocenters. The van der Waals surface area contributed by atoms with Crippen LogP contribution in [0.25, 0.3) is 0 Å². The van der Waals surface area contributed by atoms with Gasteiger partial charge in [-0.15, -0.1) is 0 Å². The normalized spacial score (nSPS) is 25.3. The summed E-state index contributed by atoms with van der Waals surface area (Å²) >= 11 is 0. The van der Waals surface area contributed by atoms with Crippen LogP contribution >= 0.6 is 0 Å². The van der Waals surface area contributed by atoms with Crippen LogP contribution in [0.2, 0.25) is 0 Å². The average Bonchev–Trinajstić information content (AvgIpc) is 3.00. The predicted molar refractivity (Wildman–Crippen MR) is 76.0 cm³/mol. The number of rotatable bonds is 3. The van der Waals surface area contributed by atoms with Gasteiger partial charge in [0.15, 0.2) is 14.9 Å². The highest BCUT2D eigenvalue weighted by molar-refractivity contribution is 7.91. The SMILES string of the molecule is Nc1cccnc1S(=O)(=O)CC1CCC2(CCCC2)O1. The summed E-state index contributed by atoms with van der Waals surface area (Å²) in [5.41, 5.74) is 5.88. The van der Waals surface area contributed by atoms with Gasteiger partial charge in [-0.05, 0) is 37.8 Å². The number of ether oxygens (including phenoxy) is 1. The van der Waals surface area contributed by atoms with Gasteiger partial charge in [-0.2, -0.15) is 0 Å². The van der Waals surface area contributed by atoms with E-state index < -0.39 is 9.84 Å². The van der Waals surface area contributed by atoms with Crippen LogP contribution in [0.4, 0.5) is 5.69 Å². The first-order valence-corrected chi connectivity index (χ1v) is 8.77. The molecule has 1 aliphatic heterocycles. The Morgan fingerprint density at radius 2 is 2.10 bits per heavy atom. The lowest BCUT2D eigenvalue weighted by Crippen LogP contribution is -2.28. The van der Waals surface area contributed by atoms with E-state index in [9.17, 15) is 8.42 Å². The highest BCUT2D eigenvalue weighted by atomic mass is 32.2. The van der Waals surface area contributed by atoms with Crippen molar-refractivity contribution in [2.24, 2.45) is 0 Å². The van der Waals surface area contributed by atoms with Crippen molar-refractivity contribution in [2.45, 2.75) is 55.3 Å². The lowest BCUT2D eigenvalue weighted by Gasteiger charge is -2.23. The first-order chi connectivity index (χ1) is 9.51. The molecule has 1 saturated carbocycles. The largest absolute Gasteiger partial charge is 0.396 e. The summed E-state index contributed by atoms with van der Waals surface area (Å²) in [6.45, 7) is 0. The fourth-order valence-corrected chi connectivity index (χ4v) is 4.92. The van der Waals surface area contributed by atoms with Gasteiger partial charge in [-0.1, -0.05) is 12.8 Å². The van der Waals surface area contributed by atoms with Crippen LogP contribution in [-0.2, 0) is 14.6 Å². The number of hydrogen-bond donors (Lipinski definition) is 1. The molecule has 1 spiro atoms. The molecule has 1 atom stereocenters. The highest BCUT2D eigenvalue weighted by Gasteiger charge is 2.43. The van der Waals surface area contributed by atoms with Crippen molar-refractivity contribution >= 4 is 15.5 Å². The maximum atomic E-state index is 12.4. The van der Waals surface area contributed by atoms with Crippen molar-refractivity contribution in [3.63, 3.8) is 0 Å². The highest BCUT2D eigenvalue weighted by Crippen LogP contribution is 2.43. The molecule has 0 radical (unpaired) electrons. The molecule has 110 valence electrons. The van der Waals surface area contributed by atoms with E-state index in [0.29, 0.717) is 0 Å². The lowest BCUT2D eigenvalue weighted by molar-refractivity contribution is -0.0273. The summed E-state index contributed by atoms with van der Waals surface area (Å²) in [4.78, 5) is 3.91. The van der Waals surface area contributed by atoms with Gasteiger partial charge in [0.1, 0.15) is 0 Å². The molecule has 1 aromatic heterocycles. The molecular weight excluding hydrogens is 276 g/mol. The van der Waals surface area contributed by atoms with Crippen LogP contribution < -0.4 is 5.73 Å². The summed E-state index contributed by atoms with van der Waals surface area (Å²) in [6.07, 6.45) is 7.53. The average molecular weight is 296 g/mol. The molecule has 0 aromatic carbocycles. The minimum atomic E-state index is -3.48. The third-order valence-corrected chi connectivity index (χ3v) is 6.09. The third kappa shape index (κ3) is 2.54. The Morgan fingerprint density at radius 1 is 1.35 bits per heavy atom. The van der Waals surface area contributed by atoms with Gasteiger partial charge in [0, 0.05) is 6.20 Å². The number of nitrogens with zero attached hydrogens (tertiary/aromatic N) is 1. The molecule has 1 aromatic rings. The maximum absolute atomic E-state index is 12.4. The minimum absolute atomic E-state index is 0.0176. The smallest absolute Gasteiger partial charge is 0.200 e. The van der Waals surface area contributed by atoms with Gasteiger partial charge >= 0.3 is 0 Å². The fraction of sp³-hybridized carbons (Fsp3) is 0.643. The van der Waals surface area contributed by atoms with E-state index >= 15 is 0 Å². The van der Waals surface area contributed by atoms with E-state index in [1.165, 1.54) is 19.0 Å². The standard InChI is InChI=1S/C14H20N2O3S/c15-12-4-3-9-16-13(12)20(17,18)10-11-5-8-14(19-11)6-1-2-7-14/h3-4,9,11H,1-2,5-8,10,15H2. The first kappa shape index (κ1) is 13.8. The van der Waals surface area contributed by atoms with Crippen molar-refractivity contribution in [3.8, 4) is 0 Å². The zero-order valence-corrected chi connectivity index (χ0v) is 12.2. The molecule has 2 heterocycles. The molecule has 2 aliphatic rings. The molecule has 3 rings (SSSR count). The summed E-state index contributed by atoms with van der Waals surface area (Å²) in [5, 5.41) is -0.0176. The van der Waals surface area contributed by atoms with Crippen molar-refractivity contribution < 1.29 is 13.2 Å². The third-order valence-electron chi connectivity index (χ3n) is 4.35. The Balaban J connectivity index is 1.73. The van der Waals surface area contributed by atoms with Gasteiger partial charge < -0.3 is 10.5 Å². The second kappa shape index (κ2) is 5.00.